The van der Waals surface area contributed by atoms with Crippen molar-refractivity contribution in [2.24, 2.45) is 0 Å². The second-order valence-corrected chi connectivity index (χ2v) is 5.22. The number of anilines is 1. The van der Waals surface area contributed by atoms with Gasteiger partial charge in [0, 0.05) is 10.6 Å². The maximum absolute atomic E-state index is 5.80. The molecule has 2 nitrogen and oxygen atoms in total. The number of thioether (sulfide) groups is 1. The van der Waals surface area contributed by atoms with Gasteiger partial charge in [0.1, 0.15) is 5.75 Å². The third-order valence-corrected chi connectivity index (χ3v) is 3.48. The summed E-state index contributed by atoms with van der Waals surface area (Å²) in [5.74, 6) is 1.68. The highest BCUT2D eigenvalue weighted by Gasteiger charge is 1.99. The number of hydrogen-bond acceptors (Lipinski definition) is 3. The molecule has 2 N–H and O–H groups in total. The molecule has 2 aromatic carbocycles. The monoisotopic (exact) mass is 259 g/mol. The van der Waals surface area contributed by atoms with Crippen molar-refractivity contribution in [3.63, 3.8) is 0 Å². The van der Waals surface area contributed by atoms with E-state index < -0.39 is 0 Å². The molecule has 0 atom stereocenters. The third kappa shape index (κ3) is 3.70. The highest BCUT2D eigenvalue weighted by molar-refractivity contribution is 7.99. The molecular weight excluding hydrogens is 242 g/mol. The first-order valence-electron chi connectivity index (χ1n) is 5.92. The van der Waals surface area contributed by atoms with Gasteiger partial charge >= 0.3 is 0 Å². The summed E-state index contributed by atoms with van der Waals surface area (Å²) in [5.41, 5.74) is 7.78. The Morgan fingerprint density at radius 1 is 1.11 bits per heavy atom. The van der Waals surface area contributed by atoms with Crippen LogP contribution in [0.5, 0.6) is 5.75 Å². The number of nitrogens with two attached hydrogens (primary N) is 1. The van der Waals surface area contributed by atoms with Gasteiger partial charge in [0.25, 0.3) is 0 Å². The van der Waals surface area contributed by atoms with Gasteiger partial charge in [0.15, 0.2) is 0 Å². The Morgan fingerprint density at radius 3 is 2.72 bits per heavy atom. The number of ether oxygens (including phenoxy) is 1. The summed E-state index contributed by atoms with van der Waals surface area (Å²) in [6, 6.07) is 16.1. The molecule has 0 radical (unpaired) electrons. The maximum Gasteiger partial charge on any atom is 0.142 e. The summed E-state index contributed by atoms with van der Waals surface area (Å²) >= 11 is 1.79. The first-order chi connectivity index (χ1) is 8.75. The zero-order chi connectivity index (χ0) is 12.8. The van der Waals surface area contributed by atoms with E-state index >= 15 is 0 Å². The van der Waals surface area contributed by atoms with E-state index in [4.69, 9.17) is 10.5 Å². The fourth-order valence-electron chi connectivity index (χ4n) is 1.63. The first-order valence-corrected chi connectivity index (χ1v) is 6.91. The molecule has 0 spiro atoms. The highest BCUT2D eigenvalue weighted by Crippen LogP contribution is 2.22. The maximum atomic E-state index is 5.80. The van der Waals surface area contributed by atoms with Crippen LogP contribution in [0.4, 0.5) is 5.69 Å². The van der Waals surface area contributed by atoms with Gasteiger partial charge in [0.05, 0.1) is 12.3 Å². The number of para-hydroxylation sites is 2. The van der Waals surface area contributed by atoms with Crippen LogP contribution in [0.2, 0.25) is 0 Å². The molecule has 0 amide bonds. The summed E-state index contributed by atoms with van der Waals surface area (Å²) in [4.78, 5) is 1.28. The molecule has 0 fully saturated rings. The molecule has 2 aromatic rings. The molecule has 0 aliphatic rings. The van der Waals surface area contributed by atoms with Gasteiger partial charge in [-0.05, 0) is 31.2 Å². The SMILES string of the molecule is Cc1cccc(SCCOc2ccccc2N)c1. The minimum atomic E-state index is 0.660. The fraction of sp³-hybridized carbons (Fsp3) is 0.200. The summed E-state index contributed by atoms with van der Waals surface area (Å²) in [6.07, 6.45) is 0. The Bertz CT molecular complexity index is 513. The Labute approximate surface area is 112 Å². The van der Waals surface area contributed by atoms with Crippen LogP contribution in [0.15, 0.2) is 53.4 Å². The van der Waals surface area contributed by atoms with Gasteiger partial charge in [-0.2, -0.15) is 0 Å². The van der Waals surface area contributed by atoms with Crippen molar-refractivity contribution in [2.45, 2.75) is 11.8 Å². The van der Waals surface area contributed by atoms with Crippen molar-refractivity contribution < 1.29 is 4.74 Å². The fourth-order valence-corrected chi connectivity index (χ4v) is 2.47. The zero-order valence-corrected chi connectivity index (χ0v) is 11.2. The van der Waals surface area contributed by atoms with E-state index in [0.29, 0.717) is 12.3 Å². The van der Waals surface area contributed by atoms with Crippen LogP contribution < -0.4 is 10.5 Å². The lowest BCUT2D eigenvalue weighted by molar-refractivity contribution is 0.346. The predicted octanol–water partition coefficient (Wildman–Crippen LogP) is 3.75. The molecule has 0 bridgehead atoms. The lowest BCUT2D eigenvalue weighted by Gasteiger charge is -2.08. The van der Waals surface area contributed by atoms with Crippen molar-refractivity contribution in [1.82, 2.24) is 0 Å². The van der Waals surface area contributed by atoms with Crippen molar-refractivity contribution >= 4 is 17.4 Å². The van der Waals surface area contributed by atoms with Gasteiger partial charge in [-0.25, -0.2) is 0 Å². The van der Waals surface area contributed by atoms with E-state index in [-0.39, 0.29) is 0 Å². The van der Waals surface area contributed by atoms with Crippen molar-refractivity contribution in [1.29, 1.82) is 0 Å². The third-order valence-electron chi connectivity index (χ3n) is 2.52. The molecule has 0 aliphatic carbocycles. The van der Waals surface area contributed by atoms with E-state index in [9.17, 15) is 0 Å². The van der Waals surface area contributed by atoms with Crippen LogP contribution in [0, 0.1) is 6.92 Å². The minimum Gasteiger partial charge on any atom is -0.491 e. The molecule has 0 aliphatic heterocycles. The molecule has 0 saturated heterocycles. The molecule has 94 valence electrons. The lowest BCUT2D eigenvalue weighted by atomic mass is 10.2. The number of aryl methyl sites for hydroxylation is 1. The largest absolute Gasteiger partial charge is 0.491 e. The van der Waals surface area contributed by atoms with Crippen molar-refractivity contribution in [2.75, 3.05) is 18.1 Å². The van der Waals surface area contributed by atoms with Crippen LogP contribution >= 0.6 is 11.8 Å². The predicted molar refractivity (Wildman–Crippen MR) is 78.3 cm³/mol. The summed E-state index contributed by atoms with van der Waals surface area (Å²) in [7, 11) is 0. The van der Waals surface area contributed by atoms with E-state index in [1.165, 1.54) is 10.5 Å². The number of hydrogen-bond donors (Lipinski definition) is 1. The number of benzene rings is 2. The Kier molecular flexibility index (Phi) is 4.53. The lowest BCUT2D eigenvalue weighted by Crippen LogP contribution is -2.02. The molecule has 18 heavy (non-hydrogen) atoms. The van der Waals surface area contributed by atoms with E-state index in [1.54, 1.807) is 11.8 Å². The average molecular weight is 259 g/mol. The van der Waals surface area contributed by atoms with Crippen LogP contribution in [0.25, 0.3) is 0 Å². The van der Waals surface area contributed by atoms with E-state index in [1.807, 2.05) is 24.3 Å². The molecule has 0 saturated carbocycles. The molecular formula is C15H17NOS. The average Bonchev–Trinajstić information content (AvgIpc) is 2.37. The normalized spacial score (nSPS) is 10.3. The Hall–Kier alpha value is -1.61. The summed E-state index contributed by atoms with van der Waals surface area (Å²) in [5, 5.41) is 0. The topological polar surface area (TPSA) is 35.2 Å². The molecule has 0 unspecified atom stereocenters. The second-order valence-electron chi connectivity index (χ2n) is 4.05. The quantitative estimate of drug-likeness (QED) is 0.504. The van der Waals surface area contributed by atoms with Crippen molar-refractivity contribution in [3.05, 3.63) is 54.1 Å². The molecule has 3 heteroatoms. The Morgan fingerprint density at radius 2 is 1.94 bits per heavy atom. The van der Waals surface area contributed by atoms with Gasteiger partial charge in [-0.1, -0.05) is 29.8 Å². The number of nitrogen functional groups attached to an aromatic ring is 1. The van der Waals surface area contributed by atoms with Crippen LogP contribution in [-0.4, -0.2) is 12.4 Å². The molecule has 0 heterocycles. The van der Waals surface area contributed by atoms with Gasteiger partial charge in [-0.3, -0.25) is 0 Å². The van der Waals surface area contributed by atoms with Gasteiger partial charge < -0.3 is 10.5 Å². The van der Waals surface area contributed by atoms with E-state index in [0.717, 1.165) is 11.5 Å². The smallest absolute Gasteiger partial charge is 0.142 e. The standard InChI is InChI=1S/C15H17NOS/c1-12-5-4-6-13(11-12)18-10-9-17-15-8-3-2-7-14(15)16/h2-8,11H,9-10,16H2,1H3. The highest BCUT2D eigenvalue weighted by atomic mass is 32.2. The summed E-state index contributed by atoms with van der Waals surface area (Å²) in [6.45, 7) is 2.76. The van der Waals surface area contributed by atoms with Crippen molar-refractivity contribution in [3.8, 4) is 5.75 Å². The van der Waals surface area contributed by atoms with E-state index in [2.05, 4.69) is 31.2 Å². The summed E-state index contributed by atoms with van der Waals surface area (Å²) < 4.78 is 5.64. The van der Waals surface area contributed by atoms with Crippen LogP contribution in [0.3, 0.4) is 0 Å². The van der Waals surface area contributed by atoms with Gasteiger partial charge in [0.2, 0.25) is 0 Å². The Balaban J connectivity index is 1.78. The minimum absolute atomic E-state index is 0.660. The first kappa shape index (κ1) is 12.8. The second kappa shape index (κ2) is 6.36. The van der Waals surface area contributed by atoms with Crippen LogP contribution in [-0.2, 0) is 0 Å². The molecule has 2 rings (SSSR count). The zero-order valence-electron chi connectivity index (χ0n) is 10.4. The number of rotatable bonds is 5. The van der Waals surface area contributed by atoms with Gasteiger partial charge in [-0.15, -0.1) is 11.8 Å². The molecule has 0 aromatic heterocycles. The van der Waals surface area contributed by atoms with Crippen LogP contribution in [0.1, 0.15) is 5.56 Å².